The summed E-state index contributed by atoms with van der Waals surface area (Å²) in [7, 11) is 0. The number of rotatable bonds is 4. The van der Waals surface area contributed by atoms with Crippen molar-refractivity contribution in [3.05, 3.63) is 20.5 Å². The highest BCUT2D eigenvalue weighted by atomic mass is 127. The van der Waals surface area contributed by atoms with Gasteiger partial charge in [-0.1, -0.05) is 6.42 Å². The van der Waals surface area contributed by atoms with Crippen LogP contribution in [0.1, 0.15) is 45.4 Å². The van der Waals surface area contributed by atoms with Crippen molar-refractivity contribution >= 4 is 28.6 Å². The number of esters is 1. The van der Waals surface area contributed by atoms with Crippen LogP contribution < -0.4 is 5.32 Å². The van der Waals surface area contributed by atoms with Gasteiger partial charge in [-0.25, -0.2) is 4.79 Å². The minimum atomic E-state index is -0.387. The molecule has 1 aliphatic carbocycles. The summed E-state index contributed by atoms with van der Waals surface area (Å²) in [4.78, 5) is 12.1. The van der Waals surface area contributed by atoms with Crippen molar-refractivity contribution in [2.24, 2.45) is 0 Å². The smallest absolute Gasteiger partial charge is 0.342 e. The molecule has 0 aromatic carbocycles. The molecule has 5 heteroatoms. The Kier molecular flexibility index (Phi) is 5.89. The minimum Gasteiger partial charge on any atom is -0.507 e. The molecule has 2 rings (SSSR count). The molecule has 112 valence electrons. The molecule has 2 N–H and O–H groups in total. The highest BCUT2D eigenvalue weighted by Gasteiger charge is 2.25. The summed E-state index contributed by atoms with van der Waals surface area (Å²) in [5.74, 6) is -0.275. The largest absolute Gasteiger partial charge is 0.507 e. The lowest BCUT2D eigenvalue weighted by molar-refractivity contribution is -0.139. The number of ether oxygens (including phenoxy) is 1. The van der Waals surface area contributed by atoms with Crippen LogP contribution in [0.5, 0.6) is 0 Å². The van der Waals surface area contributed by atoms with E-state index in [2.05, 4.69) is 27.9 Å². The second-order valence-electron chi connectivity index (χ2n) is 5.48. The zero-order chi connectivity index (χ0) is 14.5. The monoisotopic (exact) mass is 391 g/mol. The lowest BCUT2D eigenvalue weighted by Crippen LogP contribution is -2.35. The lowest BCUT2D eigenvalue weighted by atomic mass is 9.98. The Morgan fingerprint density at radius 2 is 2.25 bits per heavy atom. The number of halogens is 1. The van der Waals surface area contributed by atoms with E-state index in [1.165, 1.54) is 12.8 Å². The van der Waals surface area contributed by atoms with Crippen molar-refractivity contribution in [3.8, 4) is 0 Å². The maximum Gasteiger partial charge on any atom is 0.342 e. The molecule has 1 atom stereocenters. The number of carbonyl (C=O) groups excluding carboxylic acids is 1. The molecule has 0 radical (unpaired) electrons. The van der Waals surface area contributed by atoms with Gasteiger partial charge in [0.05, 0.1) is 6.61 Å². The summed E-state index contributed by atoms with van der Waals surface area (Å²) in [6.45, 7) is 3.33. The van der Waals surface area contributed by atoms with E-state index in [-0.39, 0.29) is 11.7 Å². The minimum absolute atomic E-state index is 0.112. The van der Waals surface area contributed by atoms with Crippen molar-refractivity contribution in [1.82, 2.24) is 5.32 Å². The maximum absolute atomic E-state index is 12.1. The Labute approximate surface area is 133 Å². The fourth-order valence-corrected chi connectivity index (χ4v) is 3.37. The van der Waals surface area contributed by atoms with Gasteiger partial charge < -0.3 is 15.2 Å². The van der Waals surface area contributed by atoms with E-state index in [0.29, 0.717) is 18.2 Å². The molecule has 0 spiro atoms. The molecule has 2 aliphatic rings. The van der Waals surface area contributed by atoms with Crippen molar-refractivity contribution in [3.63, 3.8) is 0 Å². The van der Waals surface area contributed by atoms with Gasteiger partial charge in [-0.05, 0) is 73.7 Å². The number of piperidine rings is 1. The molecule has 1 fully saturated rings. The Hall–Kier alpha value is -0.560. The Bertz CT molecular complexity index is 436. The van der Waals surface area contributed by atoms with E-state index >= 15 is 0 Å². The first-order chi connectivity index (χ1) is 9.59. The third-order valence-electron chi connectivity index (χ3n) is 3.95. The number of carbonyl (C=O) groups is 1. The highest BCUT2D eigenvalue weighted by Crippen LogP contribution is 2.33. The van der Waals surface area contributed by atoms with Gasteiger partial charge in [-0.2, -0.15) is 0 Å². The van der Waals surface area contributed by atoms with Crippen LogP contribution in [0.15, 0.2) is 20.5 Å². The molecule has 0 saturated carbocycles. The molecule has 1 aliphatic heterocycles. The number of aliphatic hydroxyl groups excluding tert-OH is 1. The summed E-state index contributed by atoms with van der Waals surface area (Å²) in [6, 6.07) is 0.460. The fourth-order valence-electron chi connectivity index (χ4n) is 2.63. The number of nitrogens with one attached hydrogen (secondary N) is 1. The summed E-state index contributed by atoms with van der Waals surface area (Å²) in [5, 5.41) is 13.5. The normalized spacial score (nSPS) is 24.0. The zero-order valence-corrected chi connectivity index (χ0v) is 14.0. The van der Waals surface area contributed by atoms with E-state index in [1.807, 2.05) is 6.92 Å². The first-order valence-electron chi connectivity index (χ1n) is 7.28. The topological polar surface area (TPSA) is 58.6 Å². The molecule has 0 aromatic heterocycles. The molecule has 0 aromatic rings. The van der Waals surface area contributed by atoms with Crippen LogP contribution in [0.2, 0.25) is 0 Å². The van der Waals surface area contributed by atoms with Gasteiger partial charge in [0.25, 0.3) is 0 Å². The molecular formula is C15H22INO3. The fraction of sp³-hybridized carbons (Fsp3) is 0.667. The Morgan fingerprint density at radius 3 is 2.95 bits per heavy atom. The van der Waals surface area contributed by atoms with Crippen LogP contribution >= 0.6 is 22.6 Å². The number of hydrogen-bond acceptors (Lipinski definition) is 4. The van der Waals surface area contributed by atoms with Gasteiger partial charge in [0.15, 0.2) is 0 Å². The molecule has 1 saturated heterocycles. The van der Waals surface area contributed by atoms with Gasteiger partial charge in [-0.15, -0.1) is 0 Å². The molecule has 1 heterocycles. The van der Waals surface area contributed by atoms with Crippen LogP contribution in [0.25, 0.3) is 0 Å². The van der Waals surface area contributed by atoms with Gasteiger partial charge >= 0.3 is 5.97 Å². The average Bonchev–Trinajstić information content (AvgIpc) is 2.44. The van der Waals surface area contributed by atoms with E-state index in [9.17, 15) is 9.90 Å². The van der Waals surface area contributed by atoms with Crippen LogP contribution in [0, 0.1) is 0 Å². The van der Waals surface area contributed by atoms with Gasteiger partial charge in [-0.3, -0.25) is 0 Å². The van der Waals surface area contributed by atoms with Crippen molar-refractivity contribution in [2.45, 2.75) is 51.5 Å². The second-order valence-corrected chi connectivity index (χ2v) is 6.78. The van der Waals surface area contributed by atoms with Crippen LogP contribution in [0.4, 0.5) is 0 Å². The maximum atomic E-state index is 12.1. The third kappa shape index (κ3) is 3.97. The lowest BCUT2D eigenvalue weighted by Gasteiger charge is -2.23. The Balaban J connectivity index is 1.85. The van der Waals surface area contributed by atoms with Crippen LogP contribution in [-0.4, -0.2) is 30.3 Å². The third-order valence-corrected chi connectivity index (χ3v) is 5.03. The first-order valence-corrected chi connectivity index (χ1v) is 8.35. The molecule has 0 bridgehead atoms. The van der Waals surface area contributed by atoms with Gasteiger partial charge in [0.1, 0.15) is 11.3 Å². The van der Waals surface area contributed by atoms with E-state index in [0.717, 1.165) is 41.4 Å². The molecule has 0 amide bonds. The number of hydrogen-bond donors (Lipinski definition) is 2. The molecule has 4 nitrogen and oxygen atoms in total. The zero-order valence-electron chi connectivity index (χ0n) is 11.9. The highest BCUT2D eigenvalue weighted by molar-refractivity contribution is 14.1. The number of aliphatic hydroxyl groups is 1. The summed E-state index contributed by atoms with van der Waals surface area (Å²) in [6.07, 6.45) is 6.11. The summed E-state index contributed by atoms with van der Waals surface area (Å²) >= 11 is 2.13. The second kappa shape index (κ2) is 7.45. The predicted octanol–water partition coefficient (Wildman–Crippen LogP) is 3.38. The standard InChI is InChI=1S/C15H22INO3/c1-10-5-6-12(16)13(14(10)18)15(19)20-9-7-11-4-2-3-8-17-11/h11,17-18H,2-9H2,1H3. The molecule has 1 unspecified atom stereocenters. The first kappa shape index (κ1) is 15.8. The summed E-state index contributed by atoms with van der Waals surface area (Å²) < 4.78 is 6.23. The quantitative estimate of drug-likeness (QED) is 0.570. The van der Waals surface area contributed by atoms with Gasteiger partial charge in [0.2, 0.25) is 0 Å². The van der Waals surface area contributed by atoms with Crippen molar-refractivity contribution < 1.29 is 14.6 Å². The van der Waals surface area contributed by atoms with E-state index in [1.54, 1.807) is 0 Å². The van der Waals surface area contributed by atoms with Crippen LogP contribution in [0.3, 0.4) is 0 Å². The van der Waals surface area contributed by atoms with Crippen molar-refractivity contribution in [2.75, 3.05) is 13.2 Å². The van der Waals surface area contributed by atoms with E-state index < -0.39 is 0 Å². The van der Waals surface area contributed by atoms with E-state index in [4.69, 9.17) is 4.74 Å². The summed E-state index contributed by atoms with van der Waals surface area (Å²) in [5.41, 5.74) is 1.23. The molecular weight excluding hydrogens is 369 g/mol. The predicted molar refractivity (Wildman–Crippen MR) is 86.8 cm³/mol. The Morgan fingerprint density at radius 1 is 1.45 bits per heavy atom. The SMILES string of the molecule is CC1=C(O)C(C(=O)OCCC2CCCCN2)=C(I)CC1. The van der Waals surface area contributed by atoms with Gasteiger partial charge in [0, 0.05) is 9.62 Å². The average molecular weight is 391 g/mol. The number of allylic oxidation sites excluding steroid dienone is 2. The molecule has 20 heavy (non-hydrogen) atoms. The van der Waals surface area contributed by atoms with Crippen LogP contribution in [-0.2, 0) is 9.53 Å². The van der Waals surface area contributed by atoms with Crippen molar-refractivity contribution in [1.29, 1.82) is 0 Å².